The van der Waals surface area contributed by atoms with E-state index in [1.807, 2.05) is 6.07 Å². The molecule has 0 atom stereocenters. The van der Waals surface area contributed by atoms with Gasteiger partial charge >= 0.3 is 0 Å². The first-order chi connectivity index (χ1) is 11.4. The maximum atomic E-state index is 14.5. The highest BCUT2D eigenvalue weighted by atomic mass is 19.1. The van der Waals surface area contributed by atoms with E-state index in [1.165, 1.54) is 4.57 Å². The summed E-state index contributed by atoms with van der Waals surface area (Å²) in [6, 6.07) is 5.16. The number of halogens is 1. The van der Waals surface area contributed by atoms with Crippen LogP contribution in [-0.4, -0.2) is 14.5 Å². The van der Waals surface area contributed by atoms with Crippen LogP contribution in [0.1, 0.15) is 30.8 Å². The number of nitrogens with zero attached hydrogens (tertiary/aromatic N) is 2. The topological polar surface area (TPSA) is 76.7 Å². The van der Waals surface area contributed by atoms with Gasteiger partial charge in [-0.25, -0.2) is 9.37 Å². The molecule has 3 aromatic heterocycles. The molecule has 3 rings (SSSR count). The summed E-state index contributed by atoms with van der Waals surface area (Å²) in [6.07, 6.45) is 2.31. The van der Waals surface area contributed by atoms with Crippen molar-refractivity contribution >= 4 is 16.7 Å². The van der Waals surface area contributed by atoms with E-state index >= 15 is 0 Å². The standard InChI is InChI=1S/C18H21FN4O/c1-10(2)7-13-16(19)11(3)21-15-8-12(22-17(13)15)9-23-6-4-5-14(20)18(23)24/h4-6,8,10,22H,7,9,20H2,1-3H3. The molecule has 0 saturated heterocycles. The Balaban J connectivity index is 2.08. The maximum Gasteiger partial charge on any atom is 0.274 e. The Bertz CT molecular complexity index is 956. The summed E-state index contributed by atoms with van der Waals surface area (Å²) < 4.78 is 16.0. The first-order valence-corrected chi connectivity index (χ1v) is 7.98. The van der Waals surface area contributed by atoms with E-state index in [1.54, 1.807) is 25.3 Å². The lowest BCUT2D eigenvalue weighted by Gasteiger charge is -2.09. The number of pyridine rings is 2. The van der Waals surface area contributed by atoms with Crippen LogP contribution in [0.4, 0.5) is 10.1 Å². The van der Waals surface area contributed by atoms with Gasteiger partial charge in [0.2, 0.25) is 0 Å². The zero-order chi connectivity index (χ0) is 17.4. The number of aromatic amines is 1. The zero-order valence-electron chi connectivity index (χ0n) is 14.1. The molecular formula is C18H21FN4O. The van der Waals surface area contributed by atoms with E-state index in [4.69, 9.17) is 5.73 Å². The maximum absolute atomic E-state index is 14.5. The minimum absolute atomic E-state index is 0.203. The average Bonchev–Trinajstić information content (AvgIpc) is 2.90. The number of nitrogens with one attached hydrogen (secondary N) is 1. The minimum Gasteiger partial charge on any atom is -0.394 e. The minimum atomic E-state index is -0.259. The predicted molar refractivity (Wildman–Crippen MR) is 93.5 cm³/mol. The van der Waals surface area contributed by atoms with Gasteiger partial charge in [0, 0.05) is 17.5 Å². The highest BCUT2D eigenvalue weighted by Crippen LogP contribution is 2.25. The molecule has 0 aliphatic rings. The SMILES string of the molecule is Cc1nc2cc(Cn3cccc(N)c3=O)[nH]c2c(CC(C)C)c1F. The molecule has 0 bridgehead atoms. The summed E-state index contributed by atoms with van der Waals surface area (Å²) in [4.78, 5) is 19.6. The molecule has 24 heavy (non-hydrogen) atoms. The van der Waals surface area contributed by atoms with Crippen LogP contribution in [0.25, 0.3) is 11.0 Å². The van der Waals surface area contributed by atoms with Crippen molar-refractivity contribution in [2.75, 3.05) is 5.73 Å². The van der Waals surface area contributed by atoms with Crippen LogP contribution in [0.15, 0.2) is 29.2 Å². The van der Waals surface area contributed by atoms with Gasteiger partial charge in [-0.15, -0.1) is 0 Å². The van der Waals surface area contributed by atoms with Gasteiger partial charge in [-0.2, -0.15) is 0 Å². The van der Waals surface area contributed by atoms with Crippen molar-refractivity contribution in [3.05, 3.63) is 57.5 Å². The van der Waals surface area contributed by atoms with Crippen LogP contribution >= 0.6 is 0 Å². The third-order valence-corrected chi connectivity index (χ3v) is 4.03. The van der Waals surface area contributed by atoms with Gasteiger partial charge in [-0.1, -0.05) is 13.8 Å². The van der Waals surface area contributed by atoms with Crippen molar-refractivity contribution in [3.8, 4) is 0 Å². The van der Waals surface area contributed by atoms with Crippen LogP contribution in [0.2, 0.25) is 0 Å². The number of rotatable bonds is 4. The number of nitrogens with two attached hydrogens (primary N) is 1. The predicted octanol–water partition coefficient (Wildman–Crippen LogP) is 3.00. The van der Waals surface area contributed by atoms with Crippen molar-refractivity contribution in [1.29, 1.82) is 0 Å². The van der Waals surface area contributed by atoms with Crippen molar-refractivity contribution in [3.63, 3.8) is 0 Å². The highest BCUT2D eigenvalue weighted by Gasteiger charge is 2.16. The lowest BCUT2D eigenvalue weighted by molar-refractivity contribution is 0.566. The number of fused-ring (bicyclic) bond motifs is 1. The van der Waals surface area contributed by atoms with Gasteiger partial charge < -0.3 is 15.3 Å². The van der Waals surface area contributed by atoms with Crippen molar-refractivity contribution in [2.24, 2.45) is 5.92 Å². The molecule has 3 N–H and O–H groups in total. The Morgan fingerprint density at radius 1 is 1.42 bits per heavy atom. The largest absolute Gasteiger partial charge is 0.394 e. The molecule has 5 nitrogen and oxygen atoms in total. The smallest absolute Gasteiger partial charge is 0.274 e. The average molecular weight is 328 g/mol. The quantitative estimate of drug-likeness (QED) is 0.773. The molecule has 0 fully saturated rings. The molecule has 0 amide bonds. The van der Waals surface area contributed by atoms with Crippen molar-refractivity contribution in [2.45, 2.75) is 33.7 Å². The molecule has 0 aromatic carbocycles. The van der Waals surface area contributed by atoms with Gasteiger partial charge in [0.15, 0.2) is 0 Å². The number of H-pyrrole nitrogens is 1. The summed E-state index contributed by atoms with van der Waals surface area (Å²) in [6.45, 7) is 6.12. The van der Waals surface area contributed by atoms with E-state index in [0.717, 1.165) is 11.2 Å². The van der Waals surface area contributed by atoms with Gasteiger partial charge in [-0.3, -0.25) is 4.79 Å². The van der Waals surface area contributed by atoms with Gasteiger partial charge in [0.1, 0.15) is 5.82 Å². The molecule has 0 unspecified atom stereocenters. The Hall–Kier alpha value is -2.63. The number of aryl methyl sites for hydroxylation is 1. The van der Waals surface area contributed by atoms with Crippen LogP contribution in [-0.2, 0) is 13.0 Å². The second-order valence-corrected chi connectivity index (χ2v) is 6.54. The van der Waals surface area contributed by atoms with Crippen LogP contribution < -0.4 is 11.3 Å². The fraction of sp³-hybridized carbons (Fsp3) is 0.333. The molecule has 0 aliphatic heterocycles. The zero-order valence-corrected chi connectivity index (χ0v) is 14.1. The first kappa shape index (κ1) is 16.2. The Morgan fingerprint density at radius 2 is 2.17 bits per heavy atom. The molecule has 0 aliphatic carbocycles. The van der Waals surface area contributed by atoms with Crippen LogP contribution in [0.3, 0.4) is 0 Å². The summed E-state index contributed by atoms with van der Waals surface area (Å²) in [7, 11) is 0. The summed E-state index contributed by atoms with van der Waals surface area (Å²) in [5, 5.41) is 0. The molecule has 3 heterocycles. The third-order valence-electron chi connectivity index (χ3n) is 4.03. The molecule has 3 aromatic rings. The molecule has 0 spiro atoms. The van der Waals surface area contributed by atoms with Gasteiger partial charge in [-0.05, 0) is 37.5 Å². The second kappa shape index (κ2) is 6.11. The van der Waals surface area contributed by atoms with Gasteiger partial charge in [0.25, 0.3) is 5.56 Å². The molecule has 0 radical (unpaired) electrons. The lowest BCUT2D eigenvalue weighted by atomic mass is 10.0. The molecular weight excluding hydrogens is 307 g/mol. The van der Waals surface area contributed by atoms with Crippen molar-refractivity contribution in [1.82, 2.24) is 14.5 Å². The highest BCUT2D eigenvalue weighted by molar-refractivity contribution is 5.80. The second-order valence-electron chi connectivity index (χ2n) is 6.54. The monoisotopic (exact) mass is 328 g/mol. The number of nitrogen functional groups attached to an aromatic ring is 1. The summed E-state index contributed by atoms with van der Waals surface area (Å²) in [5.41, 5.74) is 8.89. The Morgan fingerprint density at radius 3 is 2.88 bits per heavy atom. The van der Waals surface area contributed by atoms with E-state index < -0.39 is 0 Å². The van der Waals surface area contributed by atoms with Crippen molar-refractivity contribution < 1.29 is 4.39 Å². The van der Waals surface area contributed by atoms with Crippen LogP contribution in [0.5, 0.6) is 0 Å². The first-order valence-electron chi connectivity index (χ1n) is 7.98. The summed E-state index contributed by atoms with van der Waals surface area (Å²) in [5.74, 6) is 0.0681. The molecule has 0 saturated carbocycles. The lowest BCUT2D eigenvalue weighted by Crippen LogP contribution is -2.22. The summed E-state index contributed by atoms with van der Waals surface area (Å²) >= 11 is 0. The fourth-order valence-electron chi connectivity index (χ4n) is 2.92. The fourth-order valence-corrected chi connectivity index (χ4v) is 2.92. The van der Waals surface area contributed by atoms with E-state index in [0.29, 0.717) is 35.7 Å². The van der Waals surface area contributed by atoms with E-state index in [2.05, 4.69) is 23.8 Å². The van der Waals surface area contributed by atoms with Crippen LogP contribution in [0, 0.1) is 18.7 Å². The Kier molecular flexibility index (Phi) is 4.13. The number of aromatic nitrogens is 3. The normalized spacial score (nSPS) is 11.5. The van der Waals surface area contributed by atoms with E-state index in [-0.39, 0.29) is 17.1 Å². The third kappa shape index (κ3) is 2.91. The Labute approximate surface area is 139 Å². The number of hydrogen-bond acceptors (Lipinski definition) is 3. The molecule has 6 heteroatoms. The van der Waals surface area contributed by atoms with Gasteiger partial charge in [0.05, 0.1) is 29.0 Å². The number of hydrogen-bond donors (Lipinski definition) is 2. The molecule has 126 valence electrons. The number of anilines is 1. The van der Waals surface area contributed by atoms with E-state index in [9.17, 15) is 9.18 Å².